The number of nitro benzene ring substituents is 1. The van der Waals surface area contributed by atoms with Crippen LogP contribution in [0, 0.1) is 10.1 Å². The van der Waals surface area contributed by atoms with Crippen molar-refractivity contribution in [3.8, 4) is 5.75 Å². The summed E-state index contributed by atoms with van der Waals surface area (Å²) in [4.78, 5) is 37.6. The Hall–Kier alpha value is -3.13. The zero-order chi connectivity index (χ0) is 28.2. The van der Waals surface area contributed by atoms with Crippen molar-refractivity contribution in [1.82, 2.24) is 9.21 Å². The minimum absolute atomic E-state index is 0.0480. The molecule has 13 heteroatoms. The summed E-state index contributed by atoms with van der Waals surface area (Å²) >= 11 is 6.54. The lowest BCUT2D eigenvalue weighted by molar-refractivity contribution is -0.385. The van der Waals surface area contributed by atoms with Gasteiger partial charge in [0.2, 0.25) is 10.0 Å². The molecule has 3 aromatic rings. The summed E-state index contributed by atoms with van der Waals surface area (Å²) < 4.78 is 34.0. The predicted molar refractivity (Wildman–Crippen MR) is 151 cm³/mol. The van der Waals surface area contributed by atoms with E-state index in [2.05, 4.69) is 31.9 Å². The Morgan fingerprint density at radius 3 is 2.36 bits per heavy atom. The number of benzene rings is 3. The number of carbonyl (C=O) groups is 2. The fourth-order valence-electron chi connectivity index (χ4n) is 4.14. The highest BCUT2D eigenvalue weighted by Gasteiger charge is 2.31. The van der Waals surface area contributed by atoms with Crippen LogP contribution >= 0.6 is 31.9 Å². The smallest absolute Gasteiger partial charge is 0.270 e. The Labute approximate surface area is 242 Å². The Morgan fingerprint density at radius 2 is 1.67 bits per heavy atom. The normalized spacial score (nSPS) is 14.2. The summed E-state index contributed by atoms with van der Waals surface area (Å²) in [6.07, 6.45) is 0. The van der Waals surface area contributed by atoms with Gasteiger partial charge < -0.3 is 9.64 Å². The zero-order valence-electron chi connectivity index (χ0n) is 20.5. The van der Waals surface area contributed by atoms with Crippen molar-refractivity contribution in [3.05, 3.63) is 98.0 Å². The van der Waals surface area contributed by atoms with Gasteiger partial charge >= 0.3 is 0 Å². The molecule has 204 valence electrons. The van der Waals surface area contributed by atoms with Gasteiger partial charge in [-0.05, 0) is 30.3 Å². The van der Waals surface area contributed by atoms with Gasteiger partial charge in [-0.1, -0.05) is 56.1 Å². The molecular formula is C26H23Br2N3O7S. The van der Waals surface area contributed by atoms with Gasteiger partial charge in [0.15, 0.2) is 5.78 Å². The molecule has 0 aromatic heterocycles. The van der Waals surface area contributed by atoms with Gasteiger partial charge in [0, 0.05) is 53.9 Å². The number of alkyl halides is 1. The van der Waals surface area contributed by atoms with Gasteiger partial charge in [-0.25, -0.2) is 8.42 Å². The van der Waals surface area contributed by atoms with Gasteiger partial charge in [-0.3, -0.25) is 19.7 Å². The number of rotatable bonds is 9. The van der Waals surface area contributed by atoms with Crippen molar-refractivity contribution in [2.75, 3.05) is 31.5 Å². The summed E-state index contributed by atoms with van der Waals surface area (Å²) in [6, 6.07) is 17.0. The fraction of sp³-hybridized carbons (Fsp3) is 0.231. The third kappa shape index (κ3) is 6.55. The van der Waals surface area contributed by atoms with E-state index in [9.17, 15) is 28.1 Å². The second kappa shape index (κ2) is 12.4. The number of carbonyl (C=O) groups excluding carboxylic acids is 2. The number of hydrogen-bond acceptors (Lipinski definition) is 7. The number of nitro groups is 1. The average Bonchev–Trinajstić information content (AvgIpc) is 2.96. The quantitative estimate of drug-likeness (QED) is 0.139. The van der Waals surface area contributed by atoms with E-state index in [0.29, 0.717) is 22.4 Å². The molecule has 4 rings (SSSR count). The maximum absolute atomic E-state index is 13.4. The molecule has 0 aliphatic carbocycles. The van der Waals surface area contributed by atoms with E-state index in [1.165, 1.54) is 22.5 Å². The van der Waals surface area contributed by atoms with Crippen molar-refractivity contribution >= 4 is 59.3 Å². The molecule has 1 saturated heterocycles. The van der Waals surface area contributed by atoms with Crippen LogP contribution in [0.2, 0.25) is 0 Å². The summed E-state index contributed by atoms with van der Waals surface area (Å²) in [6.45, 7) is 0.448. The van der Waals surface area contributed by atoms with Gasteiger partial charge in [0.25, 0.3) is 11.6 Å². The monoisotopic (exact) mass is 679 g/mol. The minimum Gasteiger partial charge on any atom is -0.488 e. The molecular weight excluding hydrogens is 658 g/mol. The minimum atomic E-state index is -3.96. The molecule has 1 aliphatic rings. The van der Waals surface area contributed by atoms with E-state index in [1.807, 2.05) is 0 Å². The van der Waals surface area contributed by atoms with Crippen LogP contribution in [0.1, 0.15) is 26.3 Å². The van der Waals surface area contributed by atoms with Crippen LogP contribution in [0.3, 0.4) is 0 Å². The van der Waals surface area contributed by atoms with Crippen LogP contribution in [0.4, 0.5) is 5.69 Å². The number of sulfonamides is 1. The van der Waals surface area contributed by atoms with E-state index in [0.717, 1.165) is 10.5 Å². The van der Waals surface area contributed by atoms with Crippen LogP contribution in [-0.4, -0.2) is 65.7 Å². The van der Waals surface area contributed by atoms with Crippen LogP contribution in [-0.2, 0) is 16.6 Å². The third-order valence-corrected chi connectivity index (χ3v) is 9.08. The first-order valence-corrected chi connectivity index (χ1v) is 15.1. The van der Waals surface area contributed by atoms with Gasteiger partial charge in [-0.2, -0.15) is 4.31 Å². The molecule has 0 radical (unpaired) electrons. The SMILES string of the molecule is O=C(CBr)c1cc(Br)ccc1OCc1ccccc1C(=O)N1CCN(S(=O)(=O)c2cccc([N+](=O)[O-])c2)CC1. The second-order valence-corrected chi connectivity index (χ2v) is 12.0. The predicted octanol–water partition coefficient (Wildman–Crippen LogP) is 4.66. The van der Waals surface area contributed by atoms with Crippen LogP contribution < -0.4 is 4.74 Å². The van der Waals surface area contributed by atoms with Gasteiger partial charge in [0.1, 0.15) is 12.4 Å². The molecule has 0 bridgehead atoms. The Balaban J connectivity index is 1.45. The fourth-order valence-corrected chi connectivity index (χ4v) is 6.26. The van der Waals surface area contributed by atoms with Crippen molar-refractivity contribution < 1.29 is 27.7 Å². The molecule has 0 atom stereocenters. The van der Waals surface area contributed by atoms with Crippen LogP contribution in [0.5, 0.6) is 5.75 Å². The first-order valence-electron chi connectivity index (χ1n) is 11.7. The first-order chi connectivity index (χ1) is 18.6. The van der Waals surface area contributed by atoms with E-state index < -0.39 is 14.9 Å². The molecule has 0 N–H and O–H groups in total. The molecule has 1 aliphatic heterocycles. The molecule has 1 heterocycles. The van der Waals surface area contributed by atoms with E-state index in [1.54, 1.807) is 47.4 Å². The second-order valence-electron chi connectivity index (χ2n) is 8.59. The third-order valence-electron chi connectivity index (χ3n) is 6.19. The molecule has 3 aromatic carbocycles. The number of nitrogens with zero attached hydrogens (tertiary/aromatic N) is 3. The molecule has 39 heavy (non-hydrogen) atoms. The number of ketones is 1. The Bertz CT molecular complexity index is 1520. The van der Waals surface area contributed by atoms with Gasteiger partial charge in [0.05, 0.1) is 20.7 Å². The number of hydrogen-bond donors (Lipinski definition) is 0. The molecule has 1 amide bonds. The number of ether oxygens (including phenoxy) is 1. The number of Topliss-reactive ketones (excluding diaryl/α,β-unsaturated/α-hetero) is 1. The van der Waals surface area contributed by atoms with Crippen molar-refractivity contribution in [2.24, 2.45) is 0 Å². The number of non-ortho nitro benzene ring substituents is 1. The highest BCUT2D eigenvalue weighted by molar-refractivity contribution is 9.10. The topological polar surface area (TPSA) is 127 Å². The van der Waals surface area contributed by atoms with E-state index >= 15 is 0 Å². The number of piperazine rings is 1. The van der Waals surface area contributed by atoms with Gasteiger partial charge in [-0.15, -0.1) is 0 Å². The molecule has 10 nitrogen and oxygen atoms in total. The summed E-state index contributed by atoms with van der Waals surface area (Å²) in [7, 11) is -3.96. The largest absolute Gasteiger partial charge is 0.488 e. The molecule has 0 saturated carbocycles. The Morgan fingerprint density at radius 1 is 0.949 bits per heavy atom. The van der Waals surface area contributed by atoms with Crippen molar-refractivity contribution in [1.29, 1.82) is 0 Å². The maximum Gasteiger partial charge on any atom is 0.270 e. The van der Waals surface area contributed by atoms with Crippen molar-refractivity contribution in [2.45, 2.75) is 11.5 Å². The van der Waals surface area contributed by atoms with Crippen molar-refractivity contribution in [3.63, 3.8) is 0 Å². The number of amides is 1. The van der Waals surface area contributed by atoms with E-state index in [4.69, 9.17) is 4.74 Å². The van der Waals surface area contributed by atoms with Crippen LogP contribution in [0.15, 0.2) is 76.1 Å². The standard InChI is InChI=1S/C26H23Br2N3O7S/c27-16-24(32)23-14-19(28)8-9-25(23)38-17-18-4-1-2-7-22(18)26(33)29-10-12-30(13-11-29)39(36,37)21-6-3-5-20(15-21)31(34)35/h1-9,14-15H,10-13,16-17H2. The summed E-state index contributed by atoms with van der Waals surface area (Å²) in [5.41, 5.74) is 1.13. The summed E-state index contributed by atoms with van der Waals surface area (Å²) in [5, 5.41) is 11.2. The summed E-state index contributed by atoms with van der Waals surface area (Å²) in [5.74, 6) is -0.0207. The Kier molecular flexibility index (Phi) is 9.15. The zero-order valence-corrected chi connectivity index (χ0v) is 24.4. The first kappa shape index (κ1) is 28.9. The average molecular weight is 681 g/mol. The molecule has 1 fully saturated rings. The maximum atomic E-state index is 13.4. The lowest BCUT2D eigenvalue weighted by Gasteiger charge is -2.34. The van der Waals surface area contributed by atoms with E-state index in [-0.39, 0.29) is 60.4 Å². The highest BCUT2D eigenvalue weighted by Crippen LogP contribution is 2.27. The molecule has 0 unspecified atom stereocenters. The lowest BCUT2D eigenvalue weighted by atomic mass is 10.1. The lowest BCUT2D eigenvalue weighted by Crippen LogP contribution is -2.50. The molecule has 0 spiro atoms. The number of halogens is 2. The highest BCUT2D eigenvalue weighted by atomic mass is 79.9. The van der Waals surface area contributed by atoms with Crippen LogP contribution in [0.25, 0.3) is 0 Å².